The molecular formula is C13H20B. The van der Waals surface area contributed by atoms with Crippen molar-refractivity contribution in [1.82, 2.24) is 0 Å². The van der Waals surface area contributed by atoms with Crippen LogP contribution in [0.3, 0.4) is 0 Å². The zero-order valence-electron chi connectivity index (χ0n) is 9.91. The van der Waals surface area contributed by atoms with E-state index in [4.69, 9.17) is 0 Å². The summed E-state index contributed by atoms with van der Waals surface area (Å²) in [5, 5.41) is 0. The minimum atomic E-state index is 0.987. The Hall–Kier alpha value is -0.975. The highest BCUT2D eigenvalue weighted by Gasteiger charge is 2.08. The van der Waals surface area contributed by atoms with Crippen molar-refractivity contribution in [2.24, 2.45) is 0 Å². The molecule has 1 radical (unpaired) electrons. The van der Waals surface area contributed by atoms with Gasteiger partial charge in [-0.3, -0.25) is 0 Å². The zero-order chi connectivity index (χ0) is 11.3. The van der Waals surface area contributed by atoms with Crippen molar-refractivity contribution < 1.29 is 0 Å². The van der Waals surface area contributed by atoms with Crippen LogP contribution < -0.4 is 0 Å². The quantitative estimate of drug-likeness (QED) is 0.450. The van der Waals surface area contributed by atoms with Crippen molar-refractivity contribution >= 4 is 7.28 Å². The van der Waals surface area contributed by atoms with Crippen molar-refractivity contribution in [3.8, 4) is 0 Å². The van der Waals surface area contributed by atoms with Crippen LogP contribution in [0.15, 0.2) is 47.4 Å². The smallest absolute Gasteiger partial charge is 0.113 e. The zero-order valence-corrected chi connectivity index (χ0v) is 9.91. The van der Waals surface area contributed by atoms with Gasteiger partial charge in [0.2, 0.25) is 0 Å². The molecular weight excluding hydrogens is 167 g/mol. The average Bonchev–Trinajstić information content (AvgIpc) is 2.02. The maximum atomic E-state index is 3.99. The van der Waals surface area contributed by atoms with Crippen LogP contribution in [0.25, 0.3) is 0 Å². The van der Waals surface area contributed by atoms with E-state index in [0.29, 0.717) is 0 Å². The maximum Gasteiger partial charge on any atom is 0.185 e. The largest absolute Gasteiger partial charge is 0.185 e. The van der Waals surface area contributed by atoms with Crippen LogP contribution in [0.4, 0.5) is 0 Å². The van der Waals surface area contributed by atoms with Crippen molar-refractivity contribution in [1.29, 1.82) is 0 Å². The van der Waals surface area contributed by atoms with E-state index >= 15 is 0 Å². The lowest BCUT2D eigenvalue weighted by Crippen LogP contribution is -2.04. The molecule has 75 valence electrons. The Morgan fingerprint density at radius 3 is 1.71 bits per heavy atom. The first-order chi connectivity index (χ1) is 6.40. The summed E-state index contributed by atoms with van der Waals surface area (Å²) in [4.78, 5) is 0. The molecule has 0 saturated heterocycles. The van der Waals surface area contributed by atoms with E-state index in [0.717, 1.165) is 23.0 Å². The van der Waals surface area contributed by atoms with E-state index < -0.39 is 0 Å². The average molecular weight is 187 g/mol. The first kappa shape index (κ1) is 13.0. The second-order valence-corrected chi connectivity index (χ2v) is 3.80. The van der Waals surface area contributed by atoms with Crippen LogP contribution >= 0.6 is 0 Å². The van der Waals surface area contributed by atoms with Crippen LogP contribution in [0.5, 0.6) is 0 Å². The number of rotatable bonds is 5. The van der Waals surface area contributed by atoms with E-state index in [9.17, 15) is 0 Å². The summed E-state index contributed by atoms with van der Waals surface area (Å²) in [6.07, 6.45) is 0.987. The Balaban J connectivity index is 5.20. The molecule has 0 aliphatic carbocycles. The molecule has 0 bridgehead atoms. The molecule has 14 heavy (non-hydrogen) atoms. The Kier molecular flexibility index (Phi) is 5.30. The summed E-state index contributed by atoms with van der Waals surface area (Å²) in [6, 6.07) is 0. The summed E-state index contributed by atoms with van der Waals surface area (Å²) < 4.78 is 0. The molecule has 0 N–H and O–H groups in total. The fraction of sp³-hybridized carbons (Fsp3) is 0.385. The first-order valence-electron chi connectivity index (χ1n) is 4.95. The third-order valence-electron chi connectivity index (χ3n) is 2.04. The molecule has 1 heteroatoms. The first-order valence-corrected chi connectivity index (χ1v) is 4.95. The lowest BCUT2D eigenvalue weighted by molar-refractivity contribution is 1.09. The molecule has 0 fully saturated rings. The monoisotopic (exact) mass is 187 g/mol. The van der Waals surface area contributed by atoms with Crippen LogP contribution in [0, 0.1) is 0 Å². The fourth-order valence-corrected chi connectivity index (χ4v) is 1.44. The van der Waals surface area contributed by atoms with Gasteiger partial charge in [0, 0.05) is 0 Å². The van der Waals surface area contributed by atoms with Crippen LogP contribution in [0.2, 0.25) is 0 Å². The van der Waals surface area contributed by atoms with Gasteiger partial charge in [0.1, 0.15) is 0 Å². The van der Waals surface area contributed by atoms with Gasteiger partial charge >= 0.3 is 0 Å². The van der Waals surface area contributed by atoms with Crippen LogP contribution in [-0.4, -0.2) is 7.28 Å². The second-order valence-electron chi connectivity index (χ2n) is 3.80. The number of hydrogen-bond acceptors (Lipinski definition) is 0. The summed E-state index contributed by atoms with van der Waals surface area (Å²) in [7, 11) is 2.08. The van der Waals surface area contributed by atoms with Gasteiger partial charge in [0.15, 0.2) is 7.28 Å². The van der Waals surface area contributed by atoms with Gasteiger partial charge < -0.3 is 0 Å². The normalized spacial score (nSPS) is 11.7. The summed E-state index contributed by atoms with van der Waals surface area (Å²) in [5.41, 5.74) is 5.71. The Bertz CT molecular complexity index is 292. The van der Waals surface area contributed by atoms with Gasteiger partial charge in [-0.2, -0.15) is 0 Å². The van der Waals surface area contributed by atoms with Crippen molar-refractivity contribution in [3.05, 3.63) is 47.4 Å². The van der Waals surface area contributed by atoms with Crippen molar-refractivity contribution in [2.75, 3.05) is 0 Å². The summed E-state index contributed by atoms with van der Waals surface area (Å²) in [5.74, 6) is 0. The molecule has 0 aromatic carbocycles. The van der Waals surface area contributed by atoms with Gasteiger partial charge in [0.25, 0.3) is 0 Å². The standard InChI is InChI=1S/C13H20B/c1-8-12(9(2)3)13(10(4)5)14-11(6)7/h2,4,6,8H2,1,3,5,7H3/b13-12-. The molecule has 0 aliphatic rings. The van der Waals surface area contributed by atoms with Crippen molar-refractivity contribution in [3.63, 3.8) is 0 Å². The SMILES string of the molecule is C=C(C)[B]/C(C(=C)C)=C(/CC)C(=C)C. The van der Waals surface area contributed by atoms with Crippen molar-refractivity contribution in [2.45, 2.75) is 34.1 Å². The summed E-state index contributed by atoms with van der Waals surface area (Å²) in [6.45, 7) is 20.1. The van der Waals surface area contributed by atoms with E-state index in [-0.39, 0.29) is 0 Å². The maximum absolute atomic E-state index is 3.99. The third-order valence-corrected chi connectivity index (χ3v) is 2.04. The van der Waals surface area contributed by atoms with Gasteiger partial charge in [-0.25, -0.2) is 0 Å². The second kappa shape index (κ2) is 5.69. The molecule has 0 aliphatic heterocycles. The van der Waals surface area contributed by atoms with Crippen LogP contribution in [-0.2, 0) is 0 Å². The lowest BCUT2D eigenvalue weighted by Gasteiger charge is -2.14. The highest BCUT2D eigenvalue weighted by molar-refractivity contribution is 6.55. The molecule has 0 unspecified atom stereocenters. The number of allylic oxidation sites excluding steroid dienone is 5. The molecule has 0 spiro atoms. The Morgan fingerprint density at radius 1 is 1.00 bits per heavy atom. The van der Waals surface area contributed by atoms with Crippen LogP contribution in [0.1, 0.15) is 34.1 Å². The lowest BCUT2D eigenvalue weighted by atomic mass is 9.59. The van der Waals surface area contributed by atoms with E-state index in [1.165, 1.54) is 11.0 Å². The molecule has 0 saturated carbocycles. The minimum Gasteiger partial charge on any atom is -0.113 e. The highest BCUT2D eigenvalue weighted by atomic mass is 14.0. The van der Waals surface area contributed by atoms with Gasteiger partial charge in [0.05, 0.1) is 0 Å². The minimum absolute atomic E-state index is 0.987. The molecule has 0 aromatic heterocycles. The molecule has 0 aromatic rings. The molecule has 0 atom stereocenters. The predicted octanol–water partition coefficient (Wildman–Crippen LogP) is 4.04. The Morgan fingerprint density at radius 2 is 1.50 bits per heavy atom. The predicted molar refractivity (Wildman–Crippen MR) is 67.5 cm³/mol. The third kappa shape index (κ3) is 3.82. The molecule has 0 amide bonds. The summed E-state index contributed by atoms with van der Waals surface area (Å²) >= 11 is 0. The fourth-order valence-electron chi connectivity index (χ4n) is 1.44. The van der Waals surface area contributed by atoms with Gasteiger partial charge in [-0.05, 0) is 20.3 Å². The van der Waals surface area contributed by atoms with Gasteiger partial charge in [-0.1, -0.05) is 49.2 Å². The highest BCUT2D eigenvalue weighted by Crippen LogP contribution is 2.22. The molecule has 0 nitrogen and oxygen atoms in total. The van der Waals surface area contributed by atoms with E-state index in [2.05, 4.69) is 33.9 Å². The van der Waals surface area contributed by atoms with Gasteiger partial charge in [-0.15, -0.1) is 12.1 Å². The van der Waals surface area contributed by atoms with E-state index in [1.54, 1.807) is 0 Å². The number of hydrogen-bond donors (Lipinski definition) is 0. The van der Waals surface area contributed by atoms with E-state index in [1.807, 2.05) is 20.8 Å². The molecule has 0 rings (SSSR count). The Labute approximate surface area is 89.3 Å². The molecule has 0 heterocycles. The topological polar surface area (TPSA) is 0 Å².